The number of carbonyl (C=O) groups excluding carboxylic acids is 1. The standard InChI is InChI=1S/C16H26N2O2/c1-5-6-12(3)18-16(19)10-20-15-9-11(2)7-8-14(15)13(4)17/h7-9,12-13H,5-6,10,17H2,1-4H3,(H,18,19). The lowest BCUT2D eigenvalue weighted by atomic mass is 10.1. The Hall–Kier alpha value is -1.55. The van der Waals surface area contributed by atoms with Crippen LogP contribution < -0.4 is 15.8 Å². The lowest BCUT2D eigenvalue weighted by molar-refractivity contribution is -0.123. The minimum absolute atomic E-state index is 0.0250. The van der Waals surface area contributed by atoms with Gasteiger partial charge in [0.1, 0.15) is 5.75 Å². The number of ether oxygens (including phenoxy) is 1. The van der Waals surface area contributed by atoms with Crippen molar-refractivity contribution >= 4 is 5.91 Å². The summed E-state index contributed by atoms with van der Waals surface area (Å²) in [6.45, 7) is 8.02. The van der Waals surface area contributed by atoms with E-state index in [2.05, 4.69) is 12.2 Å². The highest BCUT2D eigenvalue weighted by atomic mass is 16.5. The molecule has 1 rings (SSSR count). The molecule has 0 saturated heterocycles. The van der Waals surface area contributed by atoms with Gasteiger partial charge in [0.2, 0.25) is 0 Å². The van der Waals surface area contributed by atoms with E-state index in [1.165, 1.54) is 0 Å². The Morgan fingerprint density at radius 3 is 2.70 bits per heavy atom. The van der Waals surface area contributed by atoms with Gasteiger partial charge in [-0.05, 0) is 38.8 Å². The predicted octanol–water partition coefficient (Wildman–Crippen LogP) is 2.70. The van der Waals surface area contributed by atoms with Crippen molar-refractivity contribution in [2.45, 2.75) is 52.6 Å². The average molecular weight is 278 g/mol. The first kappa shape index (κ1) is 16.5. The molecular formula is C16H26N2O2. The normalized spacial score (nSPS) is 13.7. The maximum atomic E-state index is 11.8. The number of hydrogen-bond donors (Lipinski definition) is 2. The molecule has 20 heavy (non-hydrogen) atoms. The first-order valence-electron chi connectivity index (χ1n) is 7.22. The molecule has 0 aliphatic heterocycles. The molecule has 0 spiro atoms. The summed E-state index contributed by atoms with van der Waals surface area (Å²) in [7, 11) is 0. The number of amides is 1. The summed E-state index contributed by atoms with van der Waals surface area (Å²) in [5.41, 5.74) is 7.92. The van der Waals surface area contributed by atoms with Crippen molar-refractivity contribution in [2.75, 3.05) is 6.61 Å². The van der Waals surface area contributed by atoms with Crippen LogP contribution in [0.5, 0.6) is 5.75 Å². The van der Waals surface area contributed by atoms with Crippen LogP contribution >= 0.6 is 0 Å². The molecule has 0 aromatic heterocycles. The van der Waals surface area contributed by atoms with Crippen LogP contribution in [0.4, 0.5) is 0 Å². The van der Waals surface area contributed by atoms with E-state index in [4.69, 9.17) is 10.5 Å². The van der Waals surface area contributed by atoms with E-state index in [1.807, 2.05) is 39.0 Å². The number of nitrogens with one attached hydrogen (secondary N) is 1. The maximum Gasteiger partial charge on any atom is 0.258 e. The van der Waals surface area contributed by atoms with E-state index in [9.17, 15) is 4.79 Å². The quantitative estimate of drug-likeness (QED) is 0.806. The molecule has 1 aromatic carbocycles. The Balaban J connectivity index is 2.61. The number of nitrogens with two attached hydrogens (primary N) is 1. The number of rotatable bonds is 7. The zero-order chi connectivity index (χ0) is 15.1. The minimum Gasteiger partial charge on any atom is -0.483 e. The van der Waals surface area contributed by atoms with Gasteiger partial charge in [-0.3, -0.25) is 4.79 Å². The summed E-state index contributed by atoms with van der Waals surface area (Å²) >= 11 is 0. The van der Waals surface area contributed by atoms with Crippen molar-refractivity contribution in [1.29, 1.82) is 0 Å². The molecule has 0 bridgehead atoms. The molecule has 0 radical (unpaired) electrons. The Kier molecular flexibility index (Phi) is 6.52. The van der Waals surface area contributed by atoms with E-state index in [0.717, 1.165) is 24.0 Å². The average Bonchev–Trinajstić information content (AvgIpc) is 2.36. The molecule has 112 valence electrons. The van der Waals surface area contributed by atoms with E-state index in [1.54, 1.807) is 0 Å². The fourth-order valence-electron chi connectivity index (χ4n) is 2.11. The van der Waals surface area contributed by atoms with Crippen LogP contribution in [0.1, 0.15) is 50.8 Å². The topological polar surface area (TPSA) is 64.3 Å². The summed E-state index contributed by atoms with van der Waals surface area (Å²) < 4.78 is 5.63. The summed E-state index contributed by atoms with van der Waals surface area (Å²) in [5, 5.41) is 2.92. The van der Waals surface area contributed by atoms with Crippen molar-refractivity contribution < 1.29 is 9.53 Å². The van der Waals surface area contributed by atoms with Gasteiger partial charge in [0.05, 0.1) is 0 Å². The van der Waals surface area contributed by atoms with Crippen LogP contribution in [0.2, 0.25) is 0 Å². The first-order valence-corrected chi connectivity index (χ1v) is 7.22. The van der Waals surface area contributed by atoms with Gasteiger partial charge >= 0.3 is 0 Å². The smallest absolute Gasteiger partial charge is 0.258 e. The van der Waals surface area contributed by atoms with Gasteiger partial charge in [-0.15, -0.1) is 0 Å². The van der Waals surface area contributed by atoms with E-state index < -0.39 is 0 Å². The molecule has 2 atom stereocenters. The maximum absolute atomic E-state index is 11.8. The fourth-order valence-corrected chi connectivity index (χ4v) is 2.11. The largest absolute Gasteiger partial charge is 0.483 e. The van der Waals surface area contributed by atoms with Crippen LogP contribution in [-0.2, 0) is 4.79 Å². The monoisotopic (exact) mass is 278 g/mol. The summed E-state index contributed by atoms with van der Waals surface area (Å²) in [6, 6.07) is 5.93. The zero-order valence-corrected chi connectivity index (χ0v) is 12.9. The molecule has 0 aliphatic rings. The molecule has 0 aliphatic carbocycles. The van der Waals surface area contributed by atoms with Crippen LogP contribution in [0, 0.1) is 6.92 Å². The molecule has 0 fully saturated rings. The summed E-state index contributed by atoms with van der Waals surface area (Å²) in [6.07, 6.45) is 2.02. The number of carbonyl (C=O) groups is 1. The van der Waals surface area contributed by atoms with Gasteiger partial charge < -0.3 is 15.8 Å². The fraction of sp³-hybridized carbons (Fsp3) is 0.562. The number of benzene rings is 1. The van der Waals surface area contributed by atoms with Crippen molar-refractivity contribution in [3.8, 4) is 5.75 Å². The van der Waals surface area contributed by atoms with Crippen molar-refractivity contribution in [2.24, 2.45) is 5.73 Å². The van der Waals surface area contributed by atoms with Gasteiger partial charge in [-0.2, -0.15) is 0 Å². The highest BCUT2D eigenvalue weighted by Crippen LogP contribution is 2.24. The van der Waals surface area contributed by atoms with E-state index in [0.29, 0.717) is 5.75 Å². The third kappa shape index (κ3) is 5.21. The molecule has 2 unspecified atom stereocenters. The summed E-state index contributed by atoms with van der Waals surface area (Å²) in [4.78, 5) is 11.8. The molecule has 4 nitrogen and oxygen atoms in total. The SMILES string of the molecule is CCCC(C)NC(=O)COc1cc(C)ccc1C(C)N. The van der Waals surface area contributed by atoms with Crippen LogP contribution in [0.25, 0.3) is 0 Å². The molecule has 4 heteroatoms. The second-order valence-electron chi connectivity index (χ2n) is 5.38. The van der Waals surface area contributed by atoms with Gasteiger partial charge in [0.25, 0.3) is 5.91 Å². The van der Waals surface area contributed by atoms with Crippen LogP contribution in [0.3, 0.4) is 0 Å². The number of aryl methyl sites for hydroxylation is 1. The Morgan fingerprint density at radius 2 is 2.10 bits per heavy atom. The molecule has 3 N–H and O–H groups in total. The third-order valence-electron chi connectivity index (χ3n) is 3.15. The van der Waals surface area contributed by atoms with Gasteiger partial charge in [0, 0.05) is 17.6 Å². The highest BCUT2D eigenvalue weighted by Gasteiger charge is 2.11. The van der Waals surface area contributed by atoms with Crippen LogP contribution in [0.15, 0.2) is 18.2 Å². The highest BCUT2D eigenvalue weighted by molar-refractivity contribution is 5.77. The minimum atomic E-state index is -0.118. The number of hydrogen-bond acceptors (Lipinski definition) is 3. The molecule has 0 saturated carbocycles. The Bertz CT molecular complexity index is 444. The van der Waals surface area contributed by atoms with Gasteiger partial charge in [-0.25, -0.2) is 0 Å². The van der Waals surface area contributed by atoms with Crippen molar-refractivity contribution in [3.05, 3.63) is 29.3 Å². The Labute approximate surface area is 121 Å². The molecule has 0 heterocycles. The first-order chi connectivity index (χ1) is 9.43. The Morgan fingerprint density at radius 1 is 1.40 bits per heavy atom. The second-order valence-corrected chi connectivity index (χ2v) is 5.38. The van der Waals surface area contributed by atoms with Crippen molar-refractivity contribution in [1.82, 2.24) is 5.32 Å². The van der Waals surface area contributed by atoms with Gasteiger partial charge in [0.15, 0.2) is 6.61 Å². The zero-order valence-electron chi connectivity index (χ0n) is 12.9. The molecule has 1 aromatic rings. The molecular weight excluding hydrogens is 252 g/mol. The second kappa shape index (κ2) is 7.90. The van der Waals surface area contributed by atoms with Crippen LogP contribution in [-0.4, -0.2) is 18.6 Å². The lowest BCUT2D eigenvalue weighted by Gasteiger charge is -2.16. The van der Waals surface area contributed by atoms with Crippen molar-refractivity contribution in [3.63, 3.8) is 0 Å². The lowest BCUT2D eigenvalue weighted by Crippen LogP contribution is -2.36. The third-order valence-corrected chi connectivity index (χ3v) is 3.15. The molecule has 1 amide bonds. The summed E-state index contributed by atoms with van der Waals surface area (Å²) in [5.74, 6) is 0.598. The van der Waals surface area contributed by atoms with E-state index >= 15 is 0 Å². The van der Waals surface area contributed by atoms with E-state index in [-0.39, 0.29) is 24.6 Å². The van der Waals surface area contributed by atoms with Gasteiger partial charge in [-0.1, -0.05) is 25.5 Å². The predicted molar refractivity (Wildman–Crippen MR) is 81.8 cm³/mol.